The molecule has 0 unspecified atom stereocenters. The Kier molecular flexibility index (Phi) is 6.65. The van der Waals surface area contributed by atoms with Crippen molar-refractivity contribution in [2.75, 3.05) is 13.2 Å². The number of carbonyl (C=O) groups is 1. The lowest BCUT2D eigenvalue weighted by Crippen LogP contribution is -2.11. The predicted molar refractivity (Wildman–Crippen MR) is 81.6 cm³/mol. The van der Waals surface area contributed by atoms with E-state index in [0.717, 1.165) is 18.3 Å². The minimum absolute atomic E-state index is 0.00518. The van der Waals surface area contributed by atoms with Gasteiger partial charge in [-0.25, -0.2) is 9.18 Å². The summed E-state index contributed by atoms with van der Waals surface area (Å²) >= 11 is 11.5. The average molecular weight is 334 g/mol. The monoisotopic (exact) mass is 333 g/mol. The normalized spacial score (nSPS) is 12.4. The molecular formula is C14H14Cl2FNO3. The van der Waals surface area contributed by atoms with Gasteiger partial charge in [-0.2, -0.15) is 0 Å². The number of aliphatic hydroxyl groups excluding tert-OH is 1. The topological polar surface area (TPSA) is 58.9 Å². The first-order valence-electron chi connectivity index (χ1n) is 6.17. The number of rotatable bonds is 5. The Balaban J connectivity index is 3.42. The summed E-state index contributed by atoms with van der Waals surface area (Å²) in [5.74, 6) is -2.07. The highest BCUT2D eigenvalue weighted by Gasteiger charge is 2.19. The number of esters is 1. The molecule has 0 spiro atoms. The Bertz CT molecular complexity index is 600. The van der Waals surface area contributed by atoms with Crippen molar-refractivity contribution < 1.29 is 19.0 Å². The minimum Gasteiger partial charge on any atom is -0.506 e. The summed E-state index contributed by atoms with van der Waals surface area (Å²) in [4.78, 5) is 15.7. The summed E-state index contributed by atoms with van der Waals surface area (Å²) in [7, 11) is 0. The maximum absolute atomic E-state index is 13.5. The van der Waals surface area contributed by atoms with Crippen molar-refractivity contribution in [3.05, 3.63) is 39.1 Å². The molecule has 1 aromatic carbocycles. The second kappa shape index (κ2) is 8.00. The van der Waals surface area contributed by atoms with E-state index in [4.69, 9.17) is 27.9 Å². The SMILES string of the molecule is CCN=C/C(C(=O)OCC)=C(/O)c1cc(F)c(Cl)cc1Cl. The number of carbonyl (C=O) groups excluding carboxylic acids is 1. The van der Waals surface area contributed by atoms with Crippen LogP contribution >= 0.6 is 23.2 Å². The lowest BCUT2D eigenvalue weighted by molar-refractivity contribution is -0.137. The van der Waals surface area contributed by atoms with Crippen molar-refractivity contribution in [3.63, 3.8) is 0 Å². The molecule has 0 aliphatic rings. The van der Waals surface area contributed by atoms with Crippen molar-refractivity contribution in [1.29, 1.82) is 0 Å². The maximum atomic E-state index is 13.5. The van der Waals surface area contributed by atoms with E-state index in [0.29, 0.717) is 6.54 Å². The molecule has 0 saturated heterocycles. The Hall–Kier alpha value is -1.59. The van der Waals surface area contributed by atoms with Crippen LogP contribution in [0.2, 0.25) is 10.0 Å². The van der Waals surface area contributed by atoms with Gasteiger partial charge < -0.3 is 9.84 Å². The first kappa shape index (κ1) is 17.5. The summed E-state index contributed by atoms with van der Waals surface area (Å²) in [5, 5.41) is 10.0. The molecule has 21 heavy (non-hydrogen) atoms. The van der Waals surface area contributed by atoms with Gasteiger partial charge in [0.15, 0.2) is 0 Å². The van der Waals surface area contributed by atoms with Crippen LogP contribution in [0.5, 0.6) is 0 Å². The molecule has 0 radical (unpaired) electrons. The zero-order valence-corrected chi connectivity index (χ0v) is 13.0. The van der Waals surface area contributed by atoms with Crippen LogP contribution in [-0.2, 0) is 9.53 Å². The van der Waals surface area contributed by atoms with E-state index in [2.05, 4.69) is 4.99 Å². The highest BCUT2D eigenvalue weighted by molar-refractivity contribution is 6.36. The summed E-state index contributed by atoms with van der Waals surface area (Å²) in [6, 6.07) is 2.09. The molecule has 0 saturated carbocycles. The molecule has 0 aliphatic carbocycles. The first-order chi connectivity index (χ1) is 9.92. The van der Waals surface area contributed by atoms with E-state index in [1.165, 1.54) is 0 Å². The molecule has 1 aromatic rings. The van der Waals surface area contributed by atoms with Gasteiger partial charge in [-0.15, -0.1) is 0 Å². The summed E-state index contributed by atoms with van der Waals surface area (Å²) in [6.07, 6.45) is 1.16. The molecule has 0 atom stereocenters. The number of aliphatic imine (C=N–C) groups is 1. The Morgan fingerprint density at radius 3 is 2.62 bits per heavy atom. The lowest BCUT2D eigenvalue weighted by atomic mass is 10.1. The molecule has 0 bridgehead atoms. The number of aliphatic hydroxyl groups is 1. The van der Waals surface area contributed by atoms with Crippen molar-refractivity contribution in [2.24, 2.45) is 4.99 Å². The molecule has 0 aromatic heterocycles. The molecule has 1 N–H and O–H groups in total. The van der Waals surface area contributed by atoms with Crippen molar-refractivity contribution in [2.45, 2.75) is 13.8 Å². The van der Waals surface area contributed by atoms with E-state index >= 15 is 0 Å². The van der Waals surface area contributed by atoms with Crippen LogP contribution < -0.4 is 0 Å². The van der Waals surface area contributed by atoms with Crippen LogP contribution in [0, 0.1) is 5.82 Å². The van der Waals surface area contributed by atoms with E-state index in [9.17, 15) is 14.3 Å². The number of hydrogen-bond acceptors (Lipinski definition) is 4. The van der Waals surface area contributed by atoms with Crippen molar-refractivity contribution in [1.82, 2.24) is 0 Å². The fourth-order valence-corrected chi connectivity index (χ4v) is 1.92. The van der Waals surface area contributed by atoms with Gasteiger partial charge in [-0.05, 0) is 26.0 Å². The molecule has 4 nitrogen and oxygen atoms in total. The van der Waals surface area contributed by atoms with Gasteiger partial charge in [0.25, 0.3) is 0 Å². The quantitative estimate of drug-likeness (QED) is 0.290. The maximum Gasteiger partial charge on any atom is 0.343 e. The number of ether oxygens (including phenoxy) is 1. The highest BCUT2D eigenvalue weighted by atomic mass is 35.5. The smallest absolute Gasteiger partial charge is 0.343 e. The number of hydrogen-bond donors (Lipinski definition) is 1. The van der Waals surface area contributed by atoms with Gasteiger partial charge >= 0.3 is 5.97 Å². The van der Waals surface area contributed by atoms with Crippen LogP contribution in [0.25, 0.3) is 5.76 Å². The molecule has 7 heteroatoms. The Morgan fingerprint density at radius 1 is 1.38 bits per heavy atom. The molecule has 0 amide bonds. The van der Waals surface area contributed by atoms with Gasteiger partial charge in [-0.1, -0.05) is 23.2 Å². The number of halogens is 3. The lowest BCUT2D eigenvalue weighted by Gasteiger charge is -2.09. The average Bonchev–Trinajstić information content (AvgIpc) is 2.43. The summed E-state index contributed by atoms with van der Waals surface area (Å²) in [5.41, 5.74) is -0.272. The molecular weight excluding hydrogens is 320 g/mol. The van der Waals surface area contributed by atoms with Crippen LogP contribution in [0.3, 0.4) is 0 Å². The number of nitrogens with zero attached hydrogens (tertiary/aromatic N) is 1. The zero-order valence-electron chi connectivity index (χ0n) is 11.5. The van der Waals surface area contributed by atoms with E-state index in [1.54, 1.807) is 13.8 Å². The van der Waals surface area contributed by atoms with Crippen LogP contribution in [0.1, 0.15) is 19.4 Å². The Labute approximate surface area is 131 Å². The van der Waals surface area contributed by atoms with Gasteiger partial charge in [0.2, 0.25) is 0 Å². The second-order valence-corrected chi connectivity index (χ2v) is 4.67. The molecule has 114 valence electrons. The van der Waals surface area contributed by atoms with Crippen LogP contribution in [0.15, 0.2) is 22.7 Å². The van der Waals surface area contributed by atoms with Gasteiger partial charge in [0, 0.05) is 18.3 Å². The molecule has 0 fully saturated rings. The fourth-order valence-electron chi connectivity index (χ4n) is 1.45. The van der Waals surface area contributed by atoms with E-state index in [1.807, 2.05) is 0 Å². The van der Waals surface area contributed by atoms with Gasteiger partial charge in [0.05, 0.1) is 16.7 Å². The molecule has 0 heterocycles. The summed E-state index contributed by atoms with van der Waals surface area (Å²) in [6.45, 7) is 3.90. The second-order valence-electron chi connectivity index (χ2n) is 3.86. The van der Waals surface area contributed by atoms with E-state index < -0.39 is 17.5 Å². The van der Waals surface area contributed by atoms with E-state index in [-0.39, 0.29) is 27.8 Å². The van der Waals surface area contributed by atoms with Crippen LogP contribution in [-0.4, -0.2) is 30.4 Å². The fraction of sp³-hybridized carbons (Fsp3) is 0.286. The molecule has 0 aliphatic heterocycles. The van der Waals surface area contributed by atoms with Gasteiger partial charge in [-0.3, -0.25) is 4.99 Å². The number of benzene rings is 1. The third kappa shape index (κ3) is 4.44. The summed E-state index contributed by atoms with van der Waals surface area (Å²) < 4.78 is 18.3. The standard InChI is InChI=1S/C14H14Cl2FNO3/c1-3-18-7-9(14(20)21-4-2)13(19)8-5-12(17)11(16)6-10(8)15/h5-7,19H,3-4H2,1-2H3/b13-9-,18-7?. The third-order valence-corrected chi connectivity index (χ3v) is 3.02. The van der Waals surface area contributed by atoms with Crippen LogP contribution in [0.4, 0.5) is 4.39 Å². The highest BCUT2D eigenvalue weighted by Crippen LogP contribution is 2.29. The third-order valence-electron chi connectivity index (χ3n) is 2.42. The minimum atomic E-state index is -0.779. The van der Waals surface area contributed by atoms with Crippen molar-refractivity contribution >= 4 is 41.1 Å². The first-order valence-corrected chi connectivity index (χ1v) is 6.93. The molecule has 1 rings (SSSR count). The largest absolute Gasteiger partial charge is 0.506 e. The van der Waals surface area contributed by atoms with Crippen molar-refractivity contribution in [3.8, 4) is 0 Å². The predicted octanol–water partition coefficient (Wildman–Crippen LogP) is 4.06. The van der Waals surface area contributed by atoms with Gasteiger partial charge in [0.1, 0.15) is 17.1 Å². The Morgan fingerprint density at radius 2 is 2.05 bits per heavy atom. The zero-order chi connectivity index (χ0) is 16.0.